The molecule has 0 amide bonds. The van der Waals surface area contributed by atoms with E-state index in [0.717, 1.165) is 12.5 Å². The third-order valence-electron chi connectivity index (χ3n) is 3.43. The molecule has 1 aliphatic rings. The van der Waals surface area contributed by atoms with Crippen LogP contribution in [0.25, 0.3) is 0 Å². The van der Waals surface area contributed by atoms with Gasteiger partial charge in [-0.2, -0.15) is 0 Å². The Bertz CT molecular complexity index is 297. The second-order valence-electron chi connectivity index (χ2n) is 4.82. The van der Waals surface area contributed by atoms with Gasteiger partial charge in [0.15, 0.2) is 0 Å². The van der Waals surface area contributed by atoms with Gasteiger partial charge in [0.2, 0.25) is 0 Å². The molecular formula is C13H22N2S. The van der Waals surface area contributed by atoms with Crippen molar-refractivity contribution in [1.29, 1.82) is 0 Å². The van der Waals surface area contributed by atoms with Crippen molar-refractivity contribution in [3.63, 3.8) is 0 Å². The van der Waals surface area contributed by atoms with Crippen molar-refractivity contribution in [1.82, 2.24) is 4.90 Å². The summed E-state index contributed by atoms with van der Waals surface area (Å²) in [6.07, 6.45) is 4.06. The molecule has 0 spiro atoms. The van der Waals surface area contributed by atoms with Crippen molar-refractivity contribution in [3.8, 4) is 0 Å². The van der Waals surface area contributed by atoms with Crippen molar-refractivity contribution >= 4 is 11.3 Å². The molecule has 0 bridgehead atoms. The molecule has 1 aliphatic heterocycles. The molecule has 2 heterocycles. The van der Waals surface area contributed by atoms with Crippen LogP contribution in [0.15, 0.2) is 17.5 Å². The van der Waals surface area contributed by atoms with Crippen molar-refractivity contribution in [2.75, 3.05) is 19.6 Å². The largest absolute Gasteiger partial charge is 0.322 e. The zero-order valence-electron chi connectivity index (χ0n) is 10.1. The first kappa shape index (κ1) is 12.1. The van der Waals surface area contributed by atoms with Crippen LogP contribution >= 0.6 is 11.3 Å². The summed E-state index contributed by atoms with van der Waals surface area (Å²) >= 11 is 1.77. The van der Waals surface area contributed by atoms with Crippen LogP contribution in [0.4, 0.5) is 0 Å². The molecular weight excluding hydrogens is 216 g/mol. The molecule has 3 heteroatoms. The van der Waals surface area contributed by atoms with Gasteiger partial charge in [0.1, 0.15) is 0 Å². The third-order valence-corrected chi connectivity index (χ3v) is 4.43. The molecule has 2 rings (SSSR count). The van der Waals surface area contributed by atoms with E-state index in [1.54, 1.807) is 11.3 Å². The maximum absolute atomic E-state index is 6.21. The van der Waals surface area contributed by atoms with Gasteiger partial charge >= 0.3 is 0 Å². The molecule has 1 aromatic rings. The van der Waals surface area contributed by atoms with Gasteiger partial charge in [-0.3, -0.25) is 0 Å². The van der Waals surface area contributed by atoms with Crippen LogP contribution in [-0.2, 0) is 0 Å². The molecule has 2 unspecified atom stereocenters. The Hall–Kier alpha value is -0.380. The molecule has 0 aliphatic carbocycles. The second-order valence-corrected chi connectivity index (χ2v) is 5.80. The van der Waals surface area contributed by atoms with Crippen molar-refractivity contribution in [3.05, 3.63) is 22.4 Å². The van der Waals surface area contributed by atoms with Crippen LogP contribution in [0.3, 0.4) is 0 Å². The summed E-state index contributed by atoms with van der Waals surface area (Å²) in [5, 5.41) is 2.11. The average molecular weight is 238 g/mol. The zero-order valence-corrected chi connectivity index (χ0v) is 10.9. The number of hydrogen-bond donors (Lipinski definition) is 1. The average Bonchev–Trinajstić information content (AvgIpc) is 2.89. The van der Waals surface area contributed by atoms with Crippen molar-refractivity contribution in [2.24, 2.45) is 11.7 Å². The number of nitrogens with two attached hydrogens (primary N) is 1. The van der Waals surface area contributed by atoms with Crippen molar-refractivity contribution in [2.45, 2.75) is 32.2 Å². The van der Waals surface area contributed by atoms with Gasteiger partial charge in [0.25, 0.3) is 0 Å². The van der Waals surface area contributed by atoms with E-state index in [1.807, 2.05) is 0 Å². The minimum absolute atomic E-state index is 0.209. The first-order valence-corrected chi connectivity index (χ1v) is 7.19. The van der Waals surface area contributed by atoms with Crippen LogP contribution < -0.4 is 5.73 Å². The van der Waals surface area contributed by atoms with Crippen LogP contribution in [0.2, 0.25) is 0 Å². The van der Waals surface area contributed by atoms with Gasteiger partial charge in [0, 0.05) is 18.0 Å². The van der Waals surface area contributed by atoms with Crippen molar-refractivity contribution < 1.29 is 0 Å². The highest BCUT2D eigenvalue weighted by atomic mass is 32.1. The molecule has 2 atom stereocenters. The standard InChI is InChI=1S/C13H22N2S/c1-2-4-11-6-7-15(9-11)10-12(14)13-5-3-8-16-13/h3,5,8,11-12H,2,4,6-7,9-10,14H2,1H3. The van der Waals surface area contributed by atoms with E-state index >= 15 is 0 Å². The molecule has 0 aromatic carbocycles. The maximum Gasteiger partial charge on any atom is 0.0519 e. The van der Waals surface area contributed by atoms with Crippen LogP contribution in [-0.4, -0.2) is 24.5 Å². The molecule has 1 fully saturated rings. The second kappa shape index (κ2) is 5.80. The molecule has 16 heavy (non-hydrogen) atoms. The summed E-state index contributed by atoms with van der Waals surface area (Å²) in [7, 11) is 0. The summed E-state index contributed by atoms with van der Waals surface area (Å²) in [5.74, 6) is 0.917. The minimum Gasteiger partial charge on any atom is -0.322 e. The fourth-order valence-electron chi connectivity index (χ4n) is 2.59. The predicted molar refractivity (Wildman–Crippen MR) is 70.7 cm³/mol. The maximum atomic E-state index is 6.21. The molecule has 1 saturated heterocycles. The van der Waals surface area contributed by atoms with E-state index in [4.69, 9.17) is 5.73 Å². The molecule has 90 valence electrons. The Kier molecular flexibility index (Phi) is 4.38. The molecule has 2 N–H and O–H groups in total. The fraction of sp³-hybridized carbons (Fsp3) is 0.692. The normalized spacial score (nSPS) is 23.8. The van der Waals surface area contributed by atoms with E-state index in [2.05, 4.69) is 29.3 Å². The van der Waals surface area contributed by atoms with Crippen LogP contribution in [0.5, 0.6) is 0 Å². The zero-order chi connectivity index (χ0) is 11.4. The minimum atomic E-state index is 0.209. The van der Waals surface area contributed by atoms with Crippen LogP contribution in [0, 0.1) is 5.92 Å². The highest BCUT2D eigenvalue weighted by molar-refractivity contribution is 7.10. The summed E-state index contributed by atoms with van der Waals surface area (Å²) in [6, 6.07) is 4.44. The Morgan fingerprint density at radius 1 is 1.62 bits per heavy atom. The van der Waals surface area contributed by atoms with Gasteiger partial charge in [-0.25, -0.2) is 0 Å². The quantitative estimate of drug-likeness (QED) is 0.854. The van der Waals surface area contributed by atoms with E-state index in [9.17, 15) is 0 Å². The molecule has 0 radical (unpaired) electrons. The lowest BCUT2D eigenvalue weighted by molar-refractivity contribution is 0.302. The lowest BCUT2D eigenvalue weighted by Gasteiger charge is -2.20. The summed E-state index contributed by atoms with van der Waals surface area (Å²) < 4.78 is 0. The topological polar surface area (TPSA) is 29.3 Å². The molecule has 2 nitrogen and oxygen atoms in total. The Morgan fingerprint density at radius 2 is 2.50 bits per heavy atom. The number of nitrogens with zero attached hydrogens (tertiary/aromatic N) is 1. The highest BCUT2D eigenvalue weighted by Gasteiger charge is 2.23. The van der Waals surface area contributed by atoms with Crippen LogP contribution in [0.1, 0.15) is 37.1 Å². The summed E-state index contributed by atoms with van der Waals surface area (Å²) in [6.45, 7) is 5.80. The van der Waals surface area contributed by atoms with Gasteiger partial charge in [0.05, 0.1) is 6.04 Å². The molecule has 0 saturated carbocycles. The summed E-state index contributed by atoms with van der Waals surface area (Å²) in [4.78, 5) is 3.85. The third kappa shape index (κ3) is 3.06. The first-order chi connectivity index (χ1) is 7.79. The van der Waals surface area contributed by atoms with Gasteiger partial charge in [-0.05, 0) is 36.8 Å². The van der Waals surface area contributed by atoms with Gasteiger partial charge < -0.3 is 10.6 Å². The SMILES string of the molecule is CCCC1CCN(CC(N)c2cccs2)C1. The van der Waals surface area contributed by atoms with Gasteiger partial charge in [-0.1, -0.05) is 19.4 Å². The fourth-order valence-corrected chi connectivity index (χ4v) is 3.31. The Balaban J connectivity index is 1.78. The monoisotopic (exact) mass is 238 g/mol. The Labute approximate surface area is 102 Å². The number of hydrogen-bond acceptors (Lipinski definition) is 3. The molecule has 1 aromatic heterocycles. The summed E-state index contributed by atoms with van der Waals surface area (Å²) in [5.41, 5.74) is 6.21. The highest BCUT2D eigenvalue weighted by Crippen LogP contribution is 2.24. The smallest absolute Gasteiger partial charge is 0.0519 e. The van der Waals surface area contributed by atoms with Gasteiger partial charge in [-0.15, -0.1) is 11.3 Å². The first-order valence-electron chi connectivity index (χ1n) is 6.31. The predicted octanol–water partition coefficient (Wildman–Crippen LogP) is 2.87. The number of likely N-dealkylation sites (tertiary alicyclic amines) is 1. The van der Waals surface area contributed by atoms with E-state index in [0.29, 0.717) is 0 Å². The van der Waals surface area contributed by atoms with E-state index in [-0.39, 0.29) is 6.04 Å². The lowest BCUT2D eigenvalue weighted by atomic mass is 10.0. The number of thiophene rings is 1. The van der Waals surface area contributed by atoms with E-state index < -0.39 is 0 Å². The Morgan fingerprint density at radius 3 is 3.19 bits per heavy atom. The number of rotatable bonds is 5. The van der Waals surface area contributed by atoms with E-state index in [1.165, 1.54) is 37.2 Å². The lowest BCUT2D eigenvalue weighted by Crippen LogP contribution is -2.30.